The fraction of sp³-hybridized carbons (Fsp3) is 0.933. The Hall–Kier alpha value is -0.590. The molecule has 0 aromatic heterocycles. The third-order valence-corrected chi connectivity index (χ3v) is 3.86. The van der Waals surface area contributed by atoms with Gasteiger partial charge in [-0.1, -0.05) is 6.92 Å². The molecule has 0 aromatic carbocycles. The minimum atomic E-state index is -0.350. The standard InChI is InChI=1S/C15H29N3/c1-5-17-15(4,12-16)9-6-10-18(13(2)3)11-14-7-8-14/h13-14,17H,5-11H2,1-4H3. The topological polar surface area (TPSA) is 39.1 Å². The minimum absolute atomic E-state index is 0.350. The molecule has 1 unspecified atom stereocenters. The Morgan fingerprint density at radius 3 is 2.56 bits per heavy atom. The maximum atomic E-state index is 9.22. The van der Waals surface area contributed by atoms with E-state index in [2.05, 4.69) is 37.1 Å². The molecule has 0 amide bonds. The molecule has 1 aliphatic carbocycles. The van der Waals surface area contributed by atoms with Crippen LogP contribution >= 0.6 is 0 Å². The number of nitriles is 1. The van der Waals surface area contributed by atoms with Crippen molar-refractivity contribution >= 4 is 0 Å². The Kier molecular flexibility index (Phi) is 6.11. The zero-order valence-corrected chi connectivity index (χ0v) is 12.5. The van der Waals surface area contributed by atoms with Crippen molar-refractivity contribution < 1.29 is 0 Å². The van der Waals surface area contributed by atoms with Gasteiger partial charge in [0.05, 0.1) is 6.07 Å². The number of nitrogens with zero attached hydrogens (tertiary/aromatic N) is 2. The van der Waals surface area contributed by atoms with Crippen LogP contribution in [-0.4, -0.2) is 36.1 Å². The van der Waals surface area contributed by atoms with Crippen LogP contribution in [0.3, 0.4) is 0 Å². The maximum Gasteiger partial charge on any atom is 0.103 e. The Labute approximate surface area is 113 Å². The van der Waals surface area contributed by atoms with Gasteiger partial charge in [0.1, 0.15) is 5.54 Å². The lowest BCUT2D eigenvalue weighted by Gasteiger charge is -2.28. The van der Waals surface area contributed by atoms with Crippen molar-refractivity contribution in [2.24, 2.45) is 5.92 Å². The first-order chi connectivity index (χ1) is 8.50. The Morgan fingerprint density at radius 2 is 2.11 bits per heavy atom. The summed E-state index contributed by atoms with van der Waals surface area (Å²) in [6.45, 7) is 11.9. The van der Waals surface area contributed by atoms with Crippen LogP contribution < -0.4 is 5.32 Å². The molecule has 18 heavy (non-hydrogen) atoms. The van der Waals surface area contributed by atoms with Crippen LogP contribution in [0, 0.1) is 17.2 Å². The first kappa shape index (κ1) is 15.5. The molecular weight excluding hydrogens is 222 g/mol. The highest BCUT2D eigenvalue weighted by molar-refractivity contribution is 5.03. The first-order valence-corrected chi connectivity index (χ1v) is 7.41. The van der Waals surface area contributed by atoms with Gasteiger partial charge in [-0.05, 0) is 65.5 Å². The maximum absolute atomic E-state index is 9.22. The Morgan fingerprint density at radius 1 is 1.44 bits per heavy atom. The van der Waals surface area contributed by atoms with Crippen molar-refractivity contribution in [1.29, 1.82) is 5.26 Å². The molecule has 0 bridgehead atoms. The number of nitrogens with one attached hydrogen (secondary N) is 1. The third kappa shape index (κ3) is 5.37. The summed E-state index contributed by atoms with van der Waals surface area (Å²) in [5.41, 5.74) is -0.350. The lowest BCUT2D eigenvalue weighted by Crippen LogP contribution is -2.42. The molecule has 1 fully saturated rings. The smallest absolute Gasteiger partial charge is 0.103 e. The number of hydrogen-bond acceptors (Lipinski definition) is 3. The number of hydrogen-bond donors (Lipinski definition) is 1. The lowest BCUT2D eigenvalue weighted by atomic mass is 9.97. The third-order valence-electron chi connectivity index (χ3n) is 3.86. The van der Waals surface area contributed by atoms with E-state index in [9.17, 15) is 5.26 Å². The van der Waals surface area contributed by atoms with E-state index in [1.807, 2.05) is 6.92 Å². The van der Waals surface area contributed by atoms with E-state index < -0.39 is 0 Å². The van der Waals surface area contributed by atoms with E-state index in [0.29, 0.717) is 6.04 Å². The zero-order chi connectivity index (χ0) is 13.6. The molecule has 3 nitrogen and oxygen atoms in total. The molecule has 0 aliphatic heterocycles. The average Bonchev–Trinajstić information content (AvgIpc) is 3.12. The van der Waals surface area contributed by atoms with E-state index in [4.69, 9.17) is 0 Å². The SMILES string of the molecule is CCNC(C)(C#N)CCCN(CC1CC1)C(C)C. The summed E-state index contributed by atoms with van der Waals surface area (Å²) in [5, 5.41) is 12.5. The molecule has 0 heterocycles. The van der Waals surface area contributed by atoms with Crippen LogP contribution in [0.2, 0.25) is 0 Å². The highest BCUT2D eigenvalue weighted by Crippen LogP contribution is 2.30. The molecule has 1 rings (SSSR count). The number of rotatable bonds is 9. The minimum Gasteiger partial charge on any atom is -0.301 e. The van der Waals surface area contributed by atoms with Crippen LogP contribution in [0.25, 0.3) is 0 Å². The van der Waals surface area contributed by atoms with Gasteiger partial charge in [-0.25, -0.2) is 0 Å². The van der Waals surface area contributed by atoms with Gasteiger partial charge in [0.2, 0.25) is 0 Å². The second-order valence-electron chi connectivity index (χ2n) is 6.11. The summed E-state index contributed by atoms with van der Waals surface area (Å²) < 4.78 is 0. The molecule has 0 radical (unpaired) electrons. The lowest BCUT2D eigenvalue weighted by molar-refractivity contribution is 0.202. The van der Waals surface area contributed by atoms with Gasteiger partial charge in [0.25, 0.3) is 0 Å². The zero-order valence-electron chi connectivity index (χ0n) is 12.5. The molecular formula is C15H29N3. The largest absolute Gasteiger partial charge is 0.301 e. The fourth-order valence-corrected chi connectivity index (χ4v) is 2.40. The van der Waals surface area contributed by atoms with Gasteiger partial charge in [-0.3, -0.25) is 5.32 Å². The summed E-state index contributed by atoms with van der Waals surface area (Å²) in [5.74, 6) is 0.948. The van der Waals surface area contributed by atoms with E-state index in [-0.39, 0.29) is 5.54 Å². The molecule has 1 saturated carbocycles. The predicted molar refractivity (Wildman–Crippen MR) is 76.4 cm³/mol. The quantitative estimate of drug-likeness (QED) is 0.685. The summed E-state index contributed by atoms with van der Waals surface area (Å²) in [4.78, 5) is 2.57. The molecule has 1 N–H and O–H groups in total. The Bertz CT molecular complexity index is 278. The van der Waals surface area contributed by atoms with Crippen LogP contribution in [0.4, 0.5) is 0 Å². The van der Waals surface area contributed by atoms with Crippen LogP contribution in [-0.2, 0) is 0 Å². The van der Waals surface area contributed by atoms with E-state index >= 15 is 0 Å². The van der Waals surface area contributed by atoms with Crippen molar-refractivity contribution in [3.05, 3.63) is 0 Å². The fourth-order valence-electron chi connectivity index (χ4n) is 2.40. The van der Waals surface area contributed by atoms with E-state index in [0.717, 1.165) is 31.8 Å². The normalized spacial score (nSPS) is 18.9. The van der Waals surface area contributed by atoms with Gasteiger partial charge in [-0.2, -0.15) is 5.26 Å². The molecule has 104 valence electrons. The molecule has 3 heteroatoms. The van der Waals surface area contributed by atoms with Crippen molar-refractivity contribution in [3.8, 4) is 6.07 Å². The summed E-state index contributed by atoms with van der Waals surface area (Å²) >= 11 is 0. The van der Waals surface area contributed by atoms with Crippen LogP contribution in [0.5, 0.6) is 0 Å². The molecule has 0 spiro atoms. The first-order valence-electron chi connectivity index (χ1n) is 7.41. The molecule has 1 atom stereocenters. The van der Waals surface area contributed by atoms with Gasteiger partial charge in [0.15, 0.2) is 0 Å². The van der Waals surface area contributed by atoms with E-state index in [1.165, 1.54) is 19.4 Å². The highest BCUT2D eigenvalue weighted by Gasteiger charge is 2.26. The second kappa shape index (κ2) is 7.11. The van der Waals surface area contributed by atoms with Crippen molar-refractivity contribution in [3.63, 3.8) is 0 Å². The van der Waals surface area contributed by atoms with Crippen LogP contribution in [0.1, 0.15) is 53.4 Å². The van der Waals surface area contributed by atoms with Gasteiger partial charge < -0.3 is 4.90 Å². The van der Waals surface area contributed by atoms with Gasteiger partial charge >= 0.3 is 0 Å². The molecule has 1 aliphatic rings. The molecule has 0 saturated heterocycles. The van der Waals surface area contributed by atoms with Crippen molar-refractivity contribution in [2.75, 3.05) is 19.6 Å². The second-order valence-corrected chi connectivity index (χ2v) is 6.11. The van der Waals surface area contributed by atoms with Crippen molar-refractivity contribution in [2.45, 2.75) is 65.0 Å². The average molecular weight is 251 g/mol. The summed E-state index contributed by atoms with van der Waals surface area (Å²) in [7, 11) is 0. The van der Waals surface area contributed by atoms with Gasteiger partial charge in [0, 0.05) is 12.6 Å². The van der Waals surface area contributed by atoms with Crippen molar-refractivity contribution in [1.82, 2.24) is 10.2 Å². The monoisotopic (exact) mass is 251 g/mol. The summed E-state index contributed by atoms with van der Waals surface area (Å²) in [6, 6.07) is 3.03. The molecule has 0 aromatic rings. The Balaban J connectivity index is 2.30. The highest BCUT2D eigenvalue weighted by atomic mass is 15.1. The van der Waals surface area contributed by atoms with E-state index in [1.54, 1.807) is 0 Å². The van der Waals surface area contributed by atoms with Crippen LogP contribution in [0.15, 0.2) is 0 Å². The van der Waals surface area contributed by atoms with Gasteiger partial charge in [-0.15, -0.1) is 0 Å². The predicted octanol–water partition coefficient (Wildman–Crippen LogP) is 2.78. The summed E-state index contributed by atoms with van der Waals surface area (Å²) in [6.07, 6.45) is 4.86.